The van der Waals surface area contributed by atoms with Gasteiger partial charge in [-0.1, -0.05) is 37.1 Å². The van der Waals surface area contributed by atoms with Crippen molar-refractivity contribution in [1.29, 1.82) is 0 Å². The number of likely N-dealkylation sites (tertiary alicyclic amines) is 1. The van der Waals surface area contributed by atoms with Crippen LogP contribution in [0.3, 0.4) is 0 Å². The van der Waals surface area contributed by atoms with Crippen molar-refractivity contribution in [3.63, 3.8) is 0 Å². The smallest absolute Gasteiger partial charge is 0.416 e. The van der Waals surface area contributed by atoms with Crippen LogP contribution < -0.4 is 4.90 Å². The highest BCUT2D eigenvalue weighted by molar-refractivity contribution is 5.94. The Labute approximate surface area is 190 Å². The Morgan fingerprint density at radius 1 is 1.00 bits per heavy atom. The van der Waals surface area contributed by atoms with Gasteiger partial charge in [0.2, 0.25) is 0 Å². The number of pyridine rings is 1. The fourth-order valence-electron chi connectivity index (χ4n) is 4.74. The molecule has 0 unspecified atom stereocenters. The van der Waals surface area contributed by atoms with E-state index in [1.54, 1.807) is 4.90 Å². The summed E-state index contributed by atoms with van der Waals surface area (Å²) >= 11 is 0. The van der Waals surface area contributed by atoms with Crippen molar-refractivity contribution < 1.29 is 14.3 Å². The summed E-state index contributed by atoms with van der Waals surface area (Å²) in [5.41, 5.74) is 1.16. The summed E-state index contributed by atoms with van der Waals surface area (Å²) in [5.74, 6) is 0.673. The summed E-state index contributed by atoms with van der Waals surface area (Å²) in [6, 6.07) is 13.5. The highest BCUT2D eigenvalue weighted by Gasteiger charge is 2.34. The molecule has 1 saturated carbocycles. The number of rotatable bonds is 4. The third-order valence-corrected chi connectivity index (χ3v) is 6.22. The Balaban J connectivity index is 1.55. The summed E-state index contributed by atoms with van der Waals surface area (Å²) in [4.78, 5) is 34.4. The molecule has 2 fully saturated rings. The van der Waals surface area contributed by atoms with Crippen LogP contribution in [0.4, 0.5) is 10.6 Å². The second-order valence-corrected chi connectivity index (χ2v) is 9.76. The number of benzene rings is 1. The first-order chi connectivity index (χ1) is 15.3. The fraction of sp³-hybridized carbons (Fsp3) is 0.500. The van der Waals surface area contributed by atoms with Crippen LogP contribution in [0.25, 0.3) is 0 Å². The van der Waals surface area contributed by atoms with Crippen LogP contribution in [0, 0.1) is 0 Å². The predicted molar refractivity (Wildman–Crippen MR) is 125 cm³/mol. The number of carbonyl (C=O) groups excluding carboxylic acids is 2. The summed E-state index contributed by atoms with van der Waals surface area (Å²) in [6.45, 7) is 6.39. The number of anilines is 1. The number of hydrogen-bond acceptors (Lipinski definition) is 4. The van der Waals surface area contributed by atoms with E-state index in [9.17, 15) is 9.59 Å². The summed E-state index contributed by atoms with van der Waals surface area (Å²) < 4.78 is 5.69. The van der Waals surface area contributed by atoms with E-state index >= 15 is 0 Å². The van der Waals surface area contributed by atoms with Crippen molar-refractivity contribution in [3.8, 4) is 0 Å². The quantitative estimate of drug-likeness (QED) is 0.614. The Kier molecular flexibility index (Phi) is 6.49. The second kappa shape index (κ2) is 9.31. The van der Waals surface area contributed by atoms with Crippen LogP contribution in [0.1, 0.15) is 81.3 Å². The van der Waals surface area contributed by atoms with E-state index in [1.165, 1.54) is 0 Å². The minimum atomic E-state index is -0.559. The molecule has 32 heavy (non-hydrogen) atoms. The molecule has 0 spiro atoms. The molecule has 170 valence electrons. The predicted octanol–water partition coefficient (Wildman–Crippen LogP) is 5.74. The molecule has 2 aliphatic rings. The van der Waals surface area contributed by atoms with Gasteiger partial charge in [0.05, 0.1) is 6.04 Å². The molecule has 0 N–H and O–H groups in total. The van der Waals surface area contributed by atoms with E-state index < -0.39 is 5.60 Å². The largest absolute Gasteiger partial charge is 0.443 e. The molecule has 2 heterocycles. The normalized spacial score (nSPS) is 19.2. The lowest BCUT2D eigenvalue weighted by Gasteiger charge is -2.31. The molecule has 0 radical (unpaired) electrons. The number of carbonyl (C=O) groups is 2. The van der Waals surface area contributed by atoms with E-state index in [0.29, 0.717) is 11.4 Å². The van der Waals surface area contributed by atoms with Gasteiger partial charge >= 0.3 is 6.09 Å². The molecule has 4 rings (SSSR count). The third-order valence-electron chi connectivity index (χ3n) is 6.22. The summed E-state index contributed by atoms with van der Waals surface area (Å²) in [6.07, 6.45) is 7.51. The molecule has 1 atom stereocenters. The van der Waals surface area contributed by atoms with Gasteiger partial charge < -0.3 is 9.64 Å². The molecule has 1 aromatic heterocycles. The van der Waals surface area contributed by atoms with Crippen molar-refractivity contribution >= 4 is 17.8 Å². The fourth-order valence-corrected chi connectivity index (χ4v) is 4.74. The molecule has 2 amide bonds. The lowest BCUT2D eigenvalue weighted by molar-refractivity contribution is 0.0564. The zero-order chi connectivity index (χ0) is 22.7. The Morgan fingerprint density at radius 3 is 2.34 bits per heavy atom. The van der Waals surface area contributed by atoms with Crippen molar-refractivity contribution in [3.05, 3.63) is 59.8 Å². The molecule has 1 aromatic carbocycles. The SMILES string of the molecule is CC(C)(C)OC(=O)N(c1ccc([C@@H]2CCCN2C(=O)c2ccccc2)cn1)C1CCCC1. The van der Waals surface area contributed by atoms with Gasteiger partial charge in [-0.15, -0.1) is 0 Å². The van der Waals surface area contributed by atoms with E-state index in [-0.39, 0.29) is 24.1 Å². The lowest BCUT2D eigenvalue weighted by Crippen LogP contribution is -2.43. The first-order valence-electron chi connectivity index (χ1n) is 11.7. The van der Waals surface area contributed by atoms with Crippen LogP contribution in [0.5, 0.6) is 0 Å². The van der Waals surface area contributed by atoms with Gasteiger partial charge in [-0.3, -0.25) is 9.69 Å². The molecule has 1 saturated heterocycles. The Morgan fingerprint density at radius 2 is 1.72 bits per heavy atom. The number of hydrogen-bond donors (Lipinski definition) is 0. The molecule has 0 bridgehead atoms. The maximum Gasteiger partial charge on any atom is 0.416 e. The molecule has 6 heteroatoms. The minimum absolute atomic E-state index is 0.00529. The zero-order valence-electron chi connectivity index (χ0n) is 19.3. The minimum Gasteiger partial charge on any atom is -0.443 e. The first-order valence-corrected chi connectivity index (χ1v) is 11.7. The molecule has 1 aliphatic carbocycles. The highest BCUT2D eigenvalue weighted by atomic mass is 16.6. The van der Waals surface area contributed by atoms with Crippen molar-refractivity contribution in [2.75, 3.05) is 11.4 Å². The Bertz CT molecular complexity index is 931. The molecular weight excluding hydrogens is 402 g/mol. The number of amides is 2. The topological polar surface area (TPSA) is 62.7 Å². The van der Waals surface area contributed by atoms with Gasteiger partial charge in [0.1, 0.15) is 11.4 Å². The first kappa shape index (κ1) is 22.3. The molecular formula is C26H33N3O3. The van der Waals surface area contributed by atoms with Gasteiger partial charge in [-0.25, -0.2) is 9.78 Å². The van der Waals surface area contributed by atoms with Crippen molar-refractivity contribution in [2.24, 2.45) is 0 Å². The monoisotopic (exact) mass is 435 g/mol. The maximum absolute atomic E-state index is 13.0. The second-order valence-electron chi connectivity index (χ2n) is 9.76. The van der Waals surface area contributed by atoms with E-state index in [4.69, 9.17) is 4.74 Å². The Hall–Kier alpha value is -2.89. The van der Waals surface area contributed by atoms with Gasteiger partial charge in [-0.05, 0) is 70.2 Å². The number of aromatic nitrogens is 1. The number of ether oxygens (including phenoxy) is 1. The average molecular weight is 436 g/mol. The molecule has 1 aliphatic heterocycles. The van der Waals surface area contributed by atoms with E-state index in [2.05, 4.69) is 4.98 Å². The van der Waals surface area contributed by atoms with Crippen LogP contribution in [-0.4, -0.2) is 40.1 Å². The van der Waals surface area contributed by atoms with Gasteiger partial charge in [0.15, 0.2) is 0 Å². The number of nitrogens with zero attached hydrogens (tertiary/aromatic N) is 3. The lowest BCUT2D eigenvalue weighted by atomic mass is 10.1. The summed E-state index contributed by atoms with van der Waals surface area (Å²) in [5, 5.41) is 0. The average Bonchev–Trinajstić information content (AvgIpc) is 3.46. The third kappa shape index (κ3) is 4.95. The maximum atomic E-state index is 13.0. The zero-order valence-corrected chi connectivity index (χ0v) is 19.3. The van der Waals surface area contributed by atoms with Crippen LogP contribution in [-0.2, 0) is 4.74 Å². The van der Waals surface area contributed by atoms with Crippen LogP contribution in [0.2, 0.25) is 0 Å². The van der Waals surface area contributed by atoms with Crippen molar-refractivity contribution in [1.82, 2.24) is 9.88 Å². The van der Waals surface area contributed by atoms with E-state index in [1.807, 2.05) is 74.3 Å². The molecule has 2 aromatic rings. The standard InChI is InChI=1S/C26H33N3O3/c1-26(2,3)32-25(31)29(21-12-7-8-13-21)23-16-15-20(18-27-23)22-14-9-17-28(22)24(30)19-10-5-4-6-11-19/h4-6,10-11,15-16,18,21-22H,7-9,12-14,17H2,1-3H3/t22-/m0/s1. The van der Waals surface area contributed by atoms with Gasteiger partial charge in [-0.2, -0.15) is 0 Å². The van der Waals surface area contributed by atoms with Crippen LogP contribution in [0.15, 0.2) is 48.7 Å². The van der Waals surface area contributed by atoms with Crippen LogP contribution >= 0.6 is 0 Å². The van der Waals surface area contributed by atoms with E-state index in [0.717, 1.165) is 50.6 Å². The molecule has 6 nitrogen and oxygen atoms in total. The van der Waals surface area contributed by atoms with Crippen molar-refractivity contribution in [2.45, 2.75) is 77.0 Å². The highest BCUT2D eigenvalue weighted by Crippen LogP contribution is 2.34. The van der Waals surface area contributed by atoms with Gasteiger partial charge in [0, 0.05) is 24.3 Å². The summed E-state index contributed by atoms with van der Waals surface area (Å²) in [7, 11) is 0. The van der Waals surface area contributed by atoms with Gasteiger partial charge in [0.25, 0.3) is 5.91 Å².